The minimum atomic E-state index is 0.502. The Hall–Kier alpha value is -3.80. The Morgan fingerprint density at radius 3 is 0.942 bits per heavy atom. The Labute approximate surface area is 433 Å². The summed E-state index contributed by atoms with van der Waals surface area (Å²) in [7, 11) is 0. The molecule has 4 aromatic heterocycles. The van der Waals surface area contributed by atoms with Gasteiger partial charge in [0.25, 0.3) is 0 Å². The molecule has 0 fully saturated rings. The van der Waals surface area contributed by atoms with Gasteiger partial charge < -0.3 is 4.42 Å². The van der Waals surface area contributed by atoms with Crippen LogP contribution in [0.25, 0.3) is 0 Å². The molecule has 0 saturated heterocycles. The maximum absolute atomic E-state index is 5.61. The monoisotopic (exact) mass is 977 g/mol. The van der Waals surface area contributed by atoms with Gasteiger partial charge in [0.2, 0.25) is 0 Å². The van der Waals surface area contributed by atoms with E-state index in [1.807, 2.05) is 35.1 Å². The molecule has 0 amide bonds. The van der Waals surface area contributed by atoms with E-state index in [2.05, 4.69) is 261 Å². The topological polar surface area (TPSA) is 38.9 Å². The van der Waals surface area contributed by atoms with Crippen LogP contribution in [0.3, 0.4) is 0 Å². The van der Waals surface area contributed by atoms with E-state index in [1.54, 1.807) is 0 Å². The molecule has 0 spiro atoms. The van der Waals surface area contributed by atoms with E-state index in [4.69, 9.17) is 4.42 Å². The quantitative estimate of drug-likeness (QED) is 0.123. The first-order valence-corrected chi connectivity index (χ1v) is 28.1. The minimum absolute atomic E-state index is 0.502. The number of rotatable bonds is 12. The zero-order valence-corrected chi connectivity index (χ0v) is 49.9. The van der Waals surface area contributed by atoms with Crippen LogP contribution >= 0.6 is 22.7 Å². The summed E-state index contributed by atoms with van der Waals surface area (Å²) in [6.07, 6.45) is 3.99. The van der Waals surface area contributed by atoms with Crippen molar-refractivity contribution in [1.29, 1.82) is 0 Å². The molecule has 0 unspecified atom stereocenters. The van der Waals surface area contributed by atoms with Crippen LogP contribution in [0.1, 0.15) is 302 Å². The largest absolute Gasteiger partial charge is 0.466 e. The maximum atomic E-state index is 5.61. The second-order valence-corrected chi connectivity index (χ2v) is 24.5. The molecule has 384 valence electrons. The van der Waals surface area contributed by atoms with Crippen molar-refractivity contribution in [3.8, 4) is 0 Å². The second kappa shape index (κ2) is 32.2. The molecule has 5 heteroatoms. The summed E-state index contributed by atoms with van der Waals surface area (Å²) in [5, 5.41) is 1.26. The number of thiophene rings is 1. The normalized spacial score (nSPS) is 11.3. The first kappa shape index (κ1) is 63.2. The van der Waals surface area contributed by atoms with Crippen LogP contribution in [0.2, 0.25) is 0 Å². The summed E-state index contributed by atoms with van der Waals surface area (Å²) in [5.41, 5.74) is 8.25. The molecule has 6 rings (SSSR count). The third kappa shape index (κ3) is 24.3. The fourth-order valence-corrected chi connectivity index (χ4v) is 8.39. The average Bonchev–Trinajstić information content (AvgIpc) is 4.11. The summed E-state index contributed by atoms with van der Waals surface area (Å²) in [5.74, 6) is 9.45. The first-order chi connectivity index (χ1) is 32.2. The highest BCUT2D eigenvalue weighted by atomic mass is 32.1. The van der Waals surface area contributed by atoms with Gasteiger partial charge in [-0.1, -0.05) is 221 Å². The van der Waals surface area contributed by atoms with Gasteiger partial charge in [-0.25, -0.2) is 4.98 Å². The van der Waals surface area contributed by atoms with Crippen molar-refractivity contribution in [2.75, 3.05) is 0 Å². The predicted molar refractivity (Wildman–Crippen MR) is 311 cm³/mol. The van der Waals surface area contributed by atoms with Gasteiger partial charge >= 0.3 is 0 Å². The number of hydrogen-bond acceptors (Lipinski definition) is 5. The molecule has 0 N–H and O–H groups in total. The molecule has 2 aromatic carbocycles. The number of pyridine rings is 1. The Bertz CT molecular complexity index is 1880. The number of thiazole rings is 1. The van der Waals surface area contributed by atoms with Gasteiger partial charge in [0.15, 0.2) is 0 Å². The summed E-state index contributed by atoms with van der Waals surface area (Å²) >= 11 is 3.79. The molecular weight excluding hydrogens is 877 g/mol. The van der Waals surface area contributed by atoms with Gasteiger partial charge in [-0.3, -0.25) is 4.98 Å². The first-order valence-electron chi connectivity index (χ1n) is 26.5. The van der Waals surface area contributed by atoms with Crippen molar-refractivity contribution in [1.82, 2.24) is 9.97 Å². The maximum Gasteiger partial charge on any atom is 0.106 e. The fraction of sp³-hybridized carbons (Fsp3) is 0.562. The zero-order valence-electron chi connectivity index (χ0n) is 48.3. The molecule has 0 saturated carbocycles. The van der Waals surface area contributed by atoms with Gasteiger partial charge in [0.05, 0.1) is 5.01 Å². The SMILES string of the molecule is CC(C)c1ccc(C(C)C)cc1.CC(C)c1ccc(C(C)C)nc1.CC(C)c1ccc(C(C)C)o1.CC(C)c1ccc(C(C)C)s1.CC(C)c1cccc(C(C)C)c1.CC(C)c1cnc(C(C)C)s1. The Kier molecular flexibility index (Phi) is 29.5. The van der Waals surface area contributed by atoms with Gasteiger partial charge in [0, 0.05) is 50.5 Å². The van der Waals surface area contributed by atoms with E-state index in [0.29, 0.717) is 71.0 Å². The van der Waals surface area contributed by atoms with Crippen molar-refractivity contribution in [3.63, 3.8) is 0 Å². The smallest absolute Gasteiger partial charge is 0.106 e. The highest BCUT2D eigenvalue weighted by Gasteiger charge is 2.10. The number of nitrogens with zero attached hydrogens (tertiary/aromatic N) is 2. The van der Waals surface area contributed by atoms with Crippen LogP contribution in [-0.2, 0) is 0 Å². The lowest BCUT2D eigenvalue weighted by atomic mass is 9.96. The van der Waals surface area contributed by atoms with Crippen LogP contribution in [0.5, 0.6) is 0 Å². The zero-order chi connectivity index (χ0) is 52.7. The summed E-state index contributed by atoms with van der Waals surface area (Å²) in [4.78, 5) is 13.2. The summed E-state index contributed by atoms with van der Waals surface area (Å²) in [6, 6.07) is 30.8. The highest BCUT2D eigenvalue weighted by molar-refractivity contribution is 7.12. The van der Waals surface area contributed by atoms with Crippen LogP contribution in [0.4, 0.5) is 0 Å². The van der Waals surface area contributed by atoms with E-state index in [0.717, 1.165) is 11.5 Å². The van der Waals surface area contributed by atoms with Crippen molar-refractivity contribution >= 4 is 22.7 Å². The van der Waals surface area contributed by atoms with Crippen LogP contribution in [-0.4, -0.2) is 9.97 Å². The van der Waals surface area contributed by atoms with Gasteiger partial charge in [0.1, 0.15) is 11.5 Å². The molecule has 6 aromatic rings. The number of hydrogen-bond donors (Lipinski definition) is 0. The minimum Gasteiger partial charge on any atom is -0.466 e. The summed E-state index contributed by atoms with van der Waals surface area (Å²) < 4.78 is 5.61. The third-order valence-electron chi connectivity index (χ3n) is 11.8. The van der Waals surface area contributed by atoms with Crippen molar-refractivity contribution < 1.29 is 4.42 Å². The molecular formula is C64H100N2OS2. The number of aromatic nitrogens is 2. The molecule has 0 radical (unpaired) electrons. The Morgan fingerprint density at radius 2 is 0.696 bits per heavy atom. The molecule has 3 nitrogen and oxygen atoms in total. The third-order valence-corrected chi connectivity index (χ3v) is 15.0. The average molecular weight is 978 g/mol. The van der Waals surface area contributed by atoms with Gasteiger partial charge in [-0.15, -0.1) is 22.7 Å². The molecule has 0 aliphatic carbocycles. The van der Waals surface area contributed by atoms with Gasteiger partial charge in [-0.05, 0) is 111 Å². The molecule has 0 aliphatic heterocycles. The van der Waals surface area contributed by atoms with E-state index in [9.17, 15) is 0 Å². The molecule has 0 atom stereocenters. The van der Waals surface area contributed by atoms with Crippen molar-refractivity contribution in [2.45, 2.75) is 237 Å². The molecule has 0 aliphatic rings. The predicted octanol–water partition coefficient (Wildman–Crippen LogP) is 22.1. The Balaban J connectivity index is 0.000000414. The van der Waals surface area contributed by atoms with E-state index >= 15 is 0 Å². The van der Waals surface area contributed by atoms with E-state index in [-0.39, 0.29) is 0 Å². The van der Waals surface area contributed by atoms with E-state index < -0.39 is 0 Å². The van der Waals surface area contributed by atoms with Crippen molar-refractivity contribution in [2.24, 2.45) is 0 Å². The lowest BCUT2D eigenvalue weighted by molar-refractivity contribution is 0.432. The fourth-order valence-electron chi connectivity index (χ4n) is 6.46. The Morgan fingerprint density at radius 1 is 0.304 bits per heavy atom. The summed E-state index contributed by atoms with van der Waals surface area (Å²) in [6.45, 7) is 52.9. The molecule has 4 heterocycles. The van der Waals surface area contributed by atoms with Crippen LogP contribution in [0.15, 0.2) is 102 Å². The lowest BCUT2D eigenvalue weighted by Crippen LogP contribution is -1.94. The van der Waals surface area contributed by atoms with Crippen molar-refractivity contribution in [3.05, 3.63) is 162 Å². The lowest BCUT2D eigenvalue weighted by Gasteiger charge is -2.09. The van der Waals surface area contributed by atoms with Crippen LogP contribution < -0.4 is 0 Å². The van der Waals surface area contributed by atoms with E-state index in [1.165, 1.54) is 53.2 Å². The molecule has 69 heavy (non-hydrogen) atoms. The standard InChI is InChI=1S/2C12H18.C11H17N.C10H16O.C10H16S.C9H15NS/c1-9(2)11-5-7-12(8-6-11)10(3)4;1-9(2)11-6-5-7-12(8-11)10(3)4;1-8(2)10-5-6-11(9(3)4)12-7-10;2*1-7(2)9-5-6-10(11-9)8(3)4;1-6(2)8-5-10-9(11-8)7(3)4/h2*5-10H,1-4H3;5-9H,1-4H3;2*5-8H,1-4H3;5-7H,1-4H3. The molecule has 0 bridgehead atoms. The second-order valence-electron chi connectivity index (χ2n) is 22.3. The highest BCUT2D eigenvalue weighted by Crippen LogP contribution is 2.30. The van der Waals surface area contributed by atoms with Gasteiger partial charge in [-0.2, -0.15) is 0 Å². The number of benzene rings is 2. The number of furan rings is 1. The van der Waals surface area contributed by atoms with Crippen LogP contribution in [0, 0.1) is 0 Å².